The molecule has 0 aliphatic rings. The average molecular weight is 257 g/mol. The van der Waals surface area contributed by atoms with E-state index in [-0.39, 0.29) is 0 Å². The number of hydrogen-bond donors (Lipinski definition) is 1. The van der Waals surface area contributed by atoms with Crippen LogP contribution in [-0.2, 0) is 13.1 Å². The maximum atomic E-state index is 4.44. The Bertz CT molecular complexity index is 529. The SMILES string of the molecule is CCCNCc1cnn(Cc2cc(C)ccc2C)c1. The molecule has 0 saturated carbocycles. The Balaban J connectivity index is 2.01. The van der Waals surface area contributed by atoms with Crippen LogP contribution in [0.1, 0.15) is 35.6 Å². The molecule has 0 atom stereocenters. The van der Waals surface area contributed by atoms with Gasteiger partial charge in [-0.15, -0.1) is 0 Å². The van der Waals surface area contributed by atoms with Crippen LogP contribution in [0.4, 0.5) is 0 Å². The van der Waals surface area contributed by atoms with Crippen molar-refractivity contribution in [3.63, 3.8) is 0 Å². The standard InChI is InChI=1S/C16H23N3/c1-4-7-17-9-15-10-18-19(11-15)12-16-8-13(2)5-6-14(16)3/h5-6,8,10-11,17H,4,7,9,12H2,1-3H3. The third kappa shape index (κ3) is 3.93. The summed E-state index contributed by atoms with van der Waals surface area (Å²) in [4.78, 5) is 0. The highest BCUT2D eigenvalue weighted by molar-refractivity contribution is 5.30. The summed E-state index contributed by atoms with van der Waals surface area (Å²) in [5, 5.41) is 7.83. The average Bonchev–Trinajstić information content (AvgIpc) is 2.82. The largest absolute Gasteiger partial charge is 0.313 e. The van der Waals surface area contributed by atoms with Crippen LogP contribution < -0.4 is 5.32 Å². The molecule has 1 N–H and O–H groups in total. The third-order valence-corrected chi connectivity index (χ3v) is 3.28. The predicted octanol–water partition coefficient (Wildman–Crippen LogP) is 3.05. The van der Waals surface area contributed by atoms with Crippen LogP contribution in [0.25, 0.3) is 0 Å². The van der Waals surface area contributed by atoms with Crippen molar-refractivity contribution in [1.82, 2.24) is 15.1 Å². The van der Waals surface area contributed by atoms with Gasteiger partial charge in [0.1, 0.15) is 0 Å². The van der Waals surface area contributed by atoms with Gasteiger partial charge in [-0.2, -0.15) is 5.10 Å². The quantitative estimate of drug-likeness (QED) is 0.806. The third-order valence-electron chi connectivity index (χ3n) is 3.28. The molecule has 19 heavy (non-hydrogen) atoms. The number of aryl methyl sites for hydroxylation is 2. The summed E-state index contributed by atoms with van der Waals surface area (Å²) in [6.45, 7) is 9.27. The summed E-state index contributed by atoms with van der Waals surface area (Å²) in [5.74, 6) is 0. The first-order valence-electron chi connectivity index (χ1n) is 6.97. The number of hydrogen-bond acceptors (Lipinski definition) is 2. The Morgan fingerprint density at radius 1 is 1.26 bits per heavy atom. The summed E-state index contributed by atoms with van der Waals surface area (Å²) < 4.78 is 2.02. The fourth-order valence-electron chi connectivity index (χ4n) is 2.14. The van der Waals surface area contributed by atoms with E-state index in [1.54, 1.807) is 0 Å². The first-order valence-corrected chi connectivity index (χ1v) is 6.97. The lowest BCUT2D eigenvalue weighted by atomic mass is 10.1. The molecule has 3 heteroatoms. The van der Waals surface area contributed by atoms with Crippen molar-refractivity contribution in [3.8, 4) is 0 Å². The van der Waals surface area contributed by atoms with Gasteiger partial charge < -0.3 is 5.32 Å². The van der Waals surface area contributed by atoms with E-state index in [0.717, 1.165) is 26.1 Å². The number of nitrogens with one attached hydrogen (secondary N) is 1. The Morgan fingerprint density at radius 2 is 2.11 bits per heavy atom. The van der Waals surface area contributed by atoms with Gasteiger partial charge in [-0.1, -0.05) is 30.7 Å². The van der Waals surface area contributed by atoms with Gasteiger partial charge in [-0.3, -0.25) is 4.68 Å². The minimum Gasteiger partial charge on any atom is -0.313 e. The molecule has 2 rings (SSSR count). The van der Waals surface area contributed by atoms with E-state index in [9.17, 15) is 0 Å². The highest BCUT2D eigenvalue weighted by atomic mass is 15.3. The smallest absolute Gasteiger partial charge is 0.0662 e. The zero-order valence-corrected chi connectivity index (χ0v) is 12.1. The second-order valence-corrected chi connectivity index (χ2v) is 5.15. The van der Waals surface area contributed by atoms with Crippen molar-refractivity contribution >= 4 is 0 Å². The summed E-state index contributed by atoms with van der Waals surface area (Å²) in [5.41, 5.74) is 5.22. The van der Waals surface area contributed by atoms with E-state index >= 15 is 0 Å². The van der Waals surface area contributed by atoms with Gasteiger partial charge >= 0.3 is 0 Å². The number of rotatable bonds is 6. The number of aromatic nitrogens is 2. The van der Waals surface area contributed by atoms with E-state index in [2.05, 4.69) is 55.6 Å². The van der Waals surface area contributed by atoms with Gasteiger partial charge in [-0.05, 0) is 37.9 Å². The Morgan fingerprint density at radius 3 is 2.89 bits per heavy atom. The van der Waals surface area contributed by atoms with Crippen LogP contribution in [0.2, 0.25) is 0 Å². The fraction of sp³-hybridized carbons (Fsp3) is 0.438. The number of benzene rings is 1. The first kappa shape index (κ1) is 13.8. The predicted molar refractivity (Wildman–Crippen MR) is 79.2 cm³/mol. The maximum absolute atomic E-state index is 4.44. The molecule has 0 aliphatic carbocycles. The molecule has 0 aliphatic heterocycles. The molecule has 1 aromatic heterocycles. The van der Waals surface area contributed by atoms with E-state index in [4.69, 9.17) is 0 Å². The van der Waals surface area contributed by atoms with Gasteiger partial charge in [0.05, 0.1) is 12.7 Å². The zero-order valence-electron chi connectivity index (χ0n) is 12.1. The van der Waals surface area contributed by atoms with E-state index in [1.165, 1.54) is 22.3 Å². The molecule has 0 saturated heterocycles. The van der Waals surface area contributed by atoms with Crippen LogP contribution >= 0.6 is 0 Å². The lowest BCUT2D eigenvalue weighted by molar-refractivity contribution is 0.667. The van der Waals surface area contributed by atoms with Crippen molar-refractivity contribution in [2.24, 2.45) is 0 Å². The Kier molecular flexibility index (Phi) is 4.74. The molecule has 102 valence electrons. The fourth-order valence-corrected chi connectivity index (χ4v) is 2.14. The van der Waals surface area contributed by atoms with Gasteiger partial charge in [0, 0.05) is 18.3 Å². The molecule has 0 radical (unpaired) electrons. The zero-order chi connectivity index (χ0) is 13.7. The molecular formula is C16H23N3. The molecule has 0 amide bonds. The topological polar surface area (TPSA) is 29.9 Å². The molecule has 0 fully saturated rings. The van der Waals surface area contributed by atoms with Crippen molar-refractivity contribution in [1.29, 1.82) is 0 Å². The lowest BCUT2D eigenvalue weighted by Crippen LogP contribution is -2.13. The monoisotopic (exact) mass is 257 g/mol. The normalized spacial score (nSPS) is 10.9. The lowest BCUT2D eigenvalue weighted by Gasteiger charge is -2.07. The van der Waals surface area contributed by atoms with E-state index < -0.39 is 0 Å². The van der Waals surface area contributed by atoms with E-state index in [1.807, 2.05) is 10.9 Å². The van der Waals surface area contributed by atoms with Crippen LogP contribution in [0.3, 0.4) is 0 Å². The minimum atomic E-state index is 0.849. The van der Waals surface area contributed by atoms with Crippen LogP contribution in [0.5, 0.6) is 0 Å². The summed E-state index contributed by atoms with van der Waals surface area (Å²) in [6, 6.07) is 6.58. The van der Waals surface area contributed by atoms with Gasteiger partial charge in [0.25, 0.3) is 0 Å². The Labute approximate surface area is 115 Å². The maximum Gasteiger partial charge on any atom is 0.0662 e. The summed E-state index contributed by atoms with van der Waals surface area (Å²) in [7, 11) is 0. The second-order valence-electron chi connectivity index (χ2n) is 5.15. The summed E-state index contributed by atoms with van der Waals surface area (Å²) in [6.07, 6.45) is 5.24. The van der Waals surface area contributed by atoms with Crippen LogP contribution in [-0.4, -0.2) is 16.3 Å². The van der Waals surface area contributed by atoms with E-state index in [0.29, 0.717) is 0 Å². The summed E-state index contributed by atoms with van der Waals surface area (Å²) >= 11 is 0. The van der Waals surface area contributed by atoms with Crippen molar-refractivity contribution < 1.29 is 0 Å². The molecule has 0 unspecified atom stereocenters. The van der Waals surface area contributed by atoms with Crippen LogP contribution in [0, 0.1) is 13.8 Å². The molecule has 1 heterocycles. The molecule has 3 nitrogen and oxygen atoms in total. The highest BCUT2D eigenvalue weighted by Gasteiger charge is 2.02. The molecule has 0 spiro atoms. The molecule has 0 bridgehead atoms. The highest BCUT2D eigenvalue weighted by Crippen LogP contribution is 2.12. The molecular weight excluding hydrogens is 234 g/mol. The first-order chi connectivity index (χ1) is 9.19. The molecule has 2 aromatic rings. The number of nitrogens with zero attached hydrogens (tertiary/aromatic N) is 2. The Hall–Kier alpha value is -1.61. The van der Waals surface area contributed by atoms with Crippen molar-refractivity contribution in [2.45, 2.75) is 40.3 Å². The van der Waals surface area contributed by atoms with Gasteiger partial charge in [0.15, 0.2) is 0 Å². The van der Waals surface area contributed by atoms with Crippen LogP contribution in [0.15, 0.2) is 30.6 Å². The van der Waals surface area contributed by atoms with Crippen molar-refractivity contribution in [3.05, 3.63) is 52.8 Å². The van der Waals surface area contributed by atoms with Crippen molar-refractivity contribution in [2.75, 3.05) is 6.54 Å². The molecule has 1 aromatic carbocycles. The van der Waals surface area contributed by atoms with Gasteiger partial charge in [0.2, 0.25) is 0 Å². The second kappa shape index (κ2) is 6.53. The van der Waals surface area contributed by atoms with Gasteiger partial charge in [-0.25, -0.2) is 0 Å². The minimum absolute atomic E-state index is 0.849.